The van der Waals surface area contributed by atoms with Crippen molar-refractivity contribution in [3.05, 3.63) is 73.6 Å². The molecule has 0 radical (unpaired) electrons. The number of halogens is 1. The zero-order valence-electron chi connectivity index (χ0n) is 12.8. The first kappa shape index (κ1) is 18.3. The van der Waals surface area contributed by atoms with Crippen molar-refractivity contribution in [2.45, 2.75) is 0 Å². The Kier molecular flexibility index (Phi) is 5.06. The van der Waals surface area contributed by atoms with E-state index in [0.29, 0.717) is 12.1 Å². The number of non-ortho nitro benzene ring substituents is 1. The molecule has 0 bridgehead atoms. The predicted octanol–water partition coefficient (Wildman–Crippen LogP) is 1.30. The third-order valence-corrected chi connectivity index (χ3v) is 3.17. The lowest BCUT2D eigenvalue weighted by Crippen LogP contribution is -2.42. The zero-order chi connectivity index (χ0) is 19.4. The van der Waals surface area contributed by atoms with E-state index < -0.39 is 44.4 Å². The standard InChI is InChI=1S/C14H10FN5O6/c15-8-5-10(12(16)11(6-8)20(25)26)14(22)18-17-13(21)7-2-1-3-9(4-7)19(23)24/h1-6H,16H2,(H,17,21)(H,18,22). The normalized spacial score (nSPS) is 10.0. The topological polar surface area (TPSA) is 170 Å². The van der Waals surface area contributed by atoms with Crippen molar-refractivity contribution < 1.29 is 23.8 Å². The van der Waals surface area contributed by atoms with Crippen LogP contribution < -0.4 is 16.6 Å². The van der Waals surface area contributed by atoms with Gasteiger partial charge in [0.2, 0.25) is 0 Å². The second-order valence-electron chi connectivity index (χ2n) is 4.86. The molecule has 0 heterocycles. The summed E-state index contributed by atoms with van der Waals surface area (Å²) in [5.74, 6) is -3.07. The first-order valence-corrected chi connectivity index (χ1v) is 6.79. The van der Waals surface area contributed by atoms with Crippen LogP contribution in [0.2, 0.25) is 0 Å². The van der Waals surface area contributed by atoms with Gasteiger partial charge in [0.15, 0.2) is 0 Å². The van der Waals surface area contributed by atoms with Crippen LogP contribution in [-0.4, -0.2) is 21.7 Å². The molecule has 11 nitrogen and oxygen atoms in total. The summed E-state index contributed by atoms with van der Waals surface area (Å²) in [4.78, 5) is 43.7. The number of hydrazine groups is 1. The van der Waals surface area contributed by atoms with Gasteiger partial charge in [0.05, 0.1) is 21.5 Å². The lowest BCUT2D eigenvalue weighted by atomic mass is 10.1. The Morgan fingerprint density at radius 1 is 1.00 bits per heavy atom. The van der Waals surface area contributed by atoms with Gasteiger partial charge in [0.1, 0.15) is 11.5 Å². The van der Waals surface area contributed by atoms with Crippen LogP contribution in [0.3, 0.4) is 0 Å². The number of carbonyl (C=O) groups excluding carboxylic acids is 2. The number of amides is 2. The molecule has 0 saturated carbocycles. The number of hydrogen-bond acceptors (Lipinski definition) is 7. The van der Waals surface area contributed by atoms with Gasteiger partial charge in [-0.15, -0.1) is 0 Å². The Morgan fingerprint density at radius 3 is 2.27 bits per heavy atom. The summed E-state index contributed by atoms with van der Waals surface area (Å²) in [5, 5.41) is 21.5. The molecule has 0 unspecified atom stereocenters. The molecule has 0 spiro atoms. The van der Waals surface area contributed by atoms with Crippen LogP contribution >= 0.6 is 0 Å². The molecule has 0 aliphatic rings. The van der Waals surface area contributed by atoms with Crippen LogP contribution in [-0.2, 0) is 0 Å². The maximum Gasteiger partial charge on any atom is 0.295 e. The predicted molar refractivity (Wildman–Crippen MR) is 85.5 cm³/mol. The third kappa shape index (κ3) is 3.87. The molecule has 12 heteroatoms. The molecule has 0 saturated heterocycles. The largest absolute Gasteiger partial charge is 0.393 e. The molecule has 2 aromatic rings. The van der Waals surface area contributed by atoms with E-state index in [2.05, 4.69) is 0 Å². The molecule has 2 rings (SSSR count). The number of nitrogens with two attached hydrogens (primary N) is 1. The lowest BCUT2D eigenvalue weighted by Gasteiger charge is -2.09. The molecule has 0 aliphatic carbocycles. The number of nitro groups is 2. The van der Waals surface area contributed by atoms with Gasteiger partial charge in [-0.05, 0) is 12.1 Å². The molecule has 26 heavy (non-hydrogen) atoms. The van der Waals surface area contributed by atoms with Crippen molar-refractivity contribution in [3.63, 3.8) is 0 Å². The second-order valence-corrected chi connectivity index (χ2v) is 4.86. The fourth-order valence-corrected chi connectivity index (χ4v) is 1.96. The highest BCUT2D eigenvalue weighted by Crippen LogP contribution is 2.26. The fraction of sp³-hybridized carbons (Fsp3) is 0. The van der Waals surface area contributed by atoms with E-state index in [1.807, 2.05) is 10.9 Å². The van der Waals surface area contributed by atoms with Gasteiger partial charge in [-0.1, -0.05) is 6.07 Å². The van der Waals surface area contributed by atoms with Gasteiger partial charge in [-0.25, -0.2) is 4.39 Å². The number of nitro benzene ring substituents is 2. The van der Waals surface area contributed by atoms with Gasteiger partial charge in [0.25, 0.3) is 23.2 Å². The summed E-state index contributed by atoms with van der Waals surface area (Å²) in [6.45, 7) is 0. The summed E-state index contributed by atoms with van der Waals surface area (Å²) in [6.07, 6.45) is 0. The summed E-state index contributed by atoms with van der Waals surface area (Å²) in [6, 6.07) is 5.88. The number of hydrogen-bond donors (Lipinski definition) is 3. The molecule has 2 aromatic carbocycles. The van der Waals surface area contributed by atoms with Crippen molar-refractivity contribution in [2.24, 2.45) is 0 Å². The highest BCUT2D eigenvalue weighted by atomic mass is 19.1. The average Bonchev–Trinajstić information content (AvgIpc) is 2.60. The van der Waals surface area contributed by atoms with Gasteiger partial charge >= 0.3 is 0 Å². The monoisotopic (exact) mass is 363 g/mol. The van der Waals surface area contributed by atoms with Crippen LogP contribution in [0.15, 0.2) is 36.4 Å². The molecule has 134 valence electrons. The second kappa shape index (κ2) is 7.21. The number of nitrogens with one attached hydrogen (secondary N) is 2. The van der Waals surface area contributed by atoms with E-state index in [1.54, 1.807) is 0 Å². The third-order valence-electron chi connectivity index (χ3n) is 3.17. The van der Waals surface area contributed by atoms with E-state index >= 15 is 0 Å². The number of nitrogen functional groups attached to an aromatic ring is 1. The maximum absolute atomic E-state index is 13.4. The fourth-order valence-electron chi connectivity index (χ4n) is 1.96. The minimum Gasteiger partial charge on any atom is -0.393 e. The molecule has 0 aliphatic heterocycles. The average molecular weight is 363 g/mol. The minimum atomic E-state index is -1.11. The summed E-state index contributed by atoms with van der Waals surface area (Å²) < 4.78 is 13.4. The van der Waals surface area contributed by atoms with E-state index in [9.17, 15) is 34.2 Å². The Bertz CT molecular complexity index is 932. The Labute approximate surface area is 143 Å². The van der Waals surface area contributed by atoms with Crippen LogP contribution in [0.25, 0.3) is 0 Å². The highest BCUT2D eigenvalue weighted by molar-refractivity contribution is 6.03. The molecule has 0 fully saturated rings. The molecule has 2 amide bonds. The Morgan fingerprint density at radius 2 is 1.65 bits per heavy atom. The van der Waals surface area contributed by atoms with E-state index in [1.165, 1.54) is 18.2 Å². The van der Waals surface area contributed by atoms with Gasteiger partial charge in [0, 0.05) is 17.7 Å². The molecule has 0 aromatic heterocycles. The van der Waals surface area contributed by atoms with Gasteiger partial charge < -0.3 is 5.73 Å². The van der Waals surface area contributed by atoms with Crippen LogP contribution in [0.4, 0.5) is 21.5 Å². The van der Waals surface area contributed by atoms with Gasteiger partial charge in [-0.2, -0.15) is 0 Å². The summed E-state index contributed by atoms with van der Waals surface area (Å²) >= 11 is 0. The highest BCUT2D eigenvalue weighted by Gasteiger charge is 2.22. The number of rotatable bonds is 4. The molecular weight excluding hydrogens is 353 g/mol. The first-order valence-electron chi connectivity index (χ1n) is 6.79. The maximum atomic E-state index is 13.4. The minimum absolute atomic E-state index is 0.127. The lowest BCUT2D eigenvalue weighted by molar-refractivity contribution is -0.384. The number of anilines is 1. The first-order chi connectivity index (χ1) is 12.2. The number of carbonyl (C=O) groups is 2. The van der Waals surface area contributed by atoms with Crippen molar-refractivity contribution in [3.8, 4) is 0 Å². The van der Waals surface area contributed by atoms with Gasteiger partial charge in [-0.3, -0.25) is 40.7 Å². The summed E-state index contributed by atoms with van der Waals surface area (Å²) in [5.41, 5.74) is 6.90. The van der Waals surface area contributed by atoms with Crippen LogP contribution in [0, 0.1) is 26.0 Å². The van der Waals surface area contributed by atoms with Crippen LogP contribution in [0.5, 0.6) is 0 Å². The summed E-state index contributed by atoms with van der Waals surface area (Å²) in [7, 11) is 0. The van der Waals surface area contributed by atoms with Crippen LogP contribution in [0.1, 0.15) is 20.7 Å². The smallest absolute Gasteiger partial charge is 0.295 e. The molecule has 0 atom stereocenters. The van der Waals surface area contributed by atoms with E-state index in [-0.39, 0.29) is 11.3 Å². The molecular formula is C14H10FN5O6. The Hall–Kier alpha value is -4.09. The SMILES string of the molecule is Nc1c(C(=O)NNC(=O)c2cccc([N+](=O)[O-])c2)cc(F)cc1[N+](=O)[O-]. The van der Waals surface area contributed by atoms with Crippen molar-refractivity contribution in [2.75, 3.05) is 5.73 Å². The quantitative estimate of drug-likeness (QED) is 0.417. The zero-order valence-corrected chi connectivity index (χ0v) is 12.8. The number of benzene rings is 2. The Balaban J connectivity index is 2.16. The number of nitrogens with zero attached hydrogens (tertiary/aromatic N) is 2. The van der Waals surface area contributed by atoms with Crippen molar-refractivity contribution in [1.29, 1.82) is 0 Å². The van der Waals surface area contributed by atoms with Crippen molar-refractivity contribution >= 4 is 28.9 Å². The van der Waals surface area contributed by atoms with Crippen molar-refractivity contribution in [1.82, 2.24) is 10.9 Å². The molecule has 4 N–H and O–H groups in total. The van der Waals surface area contributed by atoms with E-state index in [0.717, 1.165) is 6.07 Å². The van der Waals surface area contributed by atoms with E-state index in [4.69, 9.17) is 5.73 Å².